The van der Waals surface area contributed by atoms with E-state index in [1.54, 1.807) is 11.5 Å². The monoisotopic (exact) mass is 370 g/mol. The SMILES string of the molecule is COc1ccc2cc(C)c3nn(CCNC(=O)[C@H]4CCCO4)c(=O)n3c2c1. The Kier molecular flexibility index (Phi) is 4.57. The van der Waals surface area contributed by atoms with Crippen LogP contribution in [-0.4, -0.2) is 46.5 Å². The molecular weight excluding hydrogens is 348 g/mol. The average molecular weight is 370 g/mol. The molecule has 1 atom stereocenters. The van der Waals surface area contributed by atoms with Gasteiger partial charge in [0, 0.05) is 19.2 Å². The summed E-state index contributed by atoms with van der Waals surface area (Å²) >= 11 is 0. The second kappa shape index (κ2) is 7.03. The van der Waals surface area contributed by atoms with Crippen LogP contribution in [0.15, 0.2) is 29.1 Å². The van der Waals surface area contributed by atoms with E-state index in [1.165, 1.54) is 4.68 Å². The van der Waals surface area contributed by atoms with Crippen LogP contribution in [0.4, 0.5) is 0 Å². The molecule has 8 nitrogen and oxygen atoms in total. The number of benzene rings is 1. The lowest BCUT2D eigenvalue weighted by Gasteiger charge is -2.09. The van der Waals surface area contributed by atoms with E-state index < -0.39 is 0 Å². The Bertz CT molecular complexity index is 1060. The Hall–Kier alpha value is -2.87. The molecule has 0 aliphatic carbocycles. The normalized spacial score (nSPS) is 16.9. The third-order valence-electron chi connectivity index (χ3n) is 4.89. The number of nitrogens with zero attached hydrogens (tertiary/aromatic N) is 3. The number of rotatable bonds is 5. The summed E-state index contributed by atoms with van der Waals surface area (Å²) in [6.45, 7) is 3.17. The lowest BCUT2D eigenvalue weighted by Crippen LogP contribution is -2.37. The van der Waals surface area contributed by atoms with Crippen LogP contribution in [0, 0.1) is 6.92 Å². The smallest absolute Gasteiger partial charge is 0.350 e. The summed E-state index contributed by atoms with van der Waals surface area (Å²) in [5.74, 6) is 0.548. The van der Waals surface area contributed by atoms with Gasteiger partial charge in [0.2, 0.25) is 5.91 Å². The number of methoxy groups -OCH3 is 1. The van der Waals surface area contributed by atoms with Gasteiger partial charge >= 0.3 is 5.69 Å². The van der Waals surface area contributed by atoms with E-state index in [0.29, 0.717) is 31.1 Å². The van der Waals surface area contributed by atoms with Crippen molar-refractivity contribution in [1.82, 2.24) is 19.5 Å². The first kappa shape index (κ1) is 17.5. The second-order valence-electron chi connectivity index (χ2n) is 6.71. The summed E-state index contributed by atoms with van der Waals surface area (Å²) in [6.07, 6.45) is 1.27. The van der Waals surface area contributed by atoms with Crippen LogP contribution in [0.3, 0.4) is 0 Å². The summed E-state index contributed by atoms with van der Waals surface area (Å²) in [6, 6.07) is 7.62. The van der Waals surface area contributed by atoms with Gasteiger partial charge in [-0.25, -0.2) is 13.9 Å². The molecule has 0 unspecified atom stereocenters. The number of ether oxygens (including phenoxy) is 2. The standard InChI is InChI=1S/C19H22N4O4/c1-12-10-13-5-6-14(26-2)11-15(13)23-17(12)21-22(19(23)25)8-7-20-18(24)16-4-3-9-27-16/h5-6,10-11,16H,3-4,7-9H2,1-2H3,(H,20,24)/t16-/m1/s1. The maximum Gasteiger partial charge on any atom is 0.350 e. The largest absolute Gasteiger partial charge is 0.497 e. The number of carbonyl (C=O) groups is 1. The van der Waals surface area contributed by atoms with Crippen molar-refractivity contribution in [3.63, 3.8) is 0 Å². The number of fused-ring (bicyclic) bond motifs is 3. The van der Waals surface area contributed by atoms with Gasteiger partial charge in [0.05, 0.1) is 19.2 Å². The highest BCUT2D eigenvalue weighted by molar-refractivity contribution is 5.84. The van der Waals surface area contributed by atoms with E-state index in [0.717, 1.165) is 29.3 Å². The first-order valence-electron chi connectivity index (χ1n) is 9.05. The van der Waals surface area contributed by atoms with Gasteiger partial charge in [-0.05, 0) is 48.9 Å². The van der Waals surface area contributed by atoms with E-state index in [1.807, 2.05) is 31.2 Å². The zero-order valence-corrected chi connectivity index (χ0v) is 15.4. The molecule has 0 saturated carbocycles. The maximum absolute atomic E-state index is 12.9. The van der Waals surface area contributed by atoms with E-state index >= 15 is 0 Å². The highest BCUT2D eigenvalue weighted by atomic mass is 16.5. The quantitative estimate of drug-likeness (QED) is 0.731. The van der Waals surface area contributed by atoms with E-state index in [-0.39, 0.29) is 17.7 Å². The van der Waals surface area contributed by atoms with Crippen LogP contribution >= 0.6 is 0 Å². The number of carbonyl (C=O) groups excluding carboxylic acids is 1. The molecule has 1 saturated heterocycles. The molecule has 3 aromatic rings. The third kappa shape index (κ3) is 3.16. The average Bonchev–Trinajstić information content (AvgIpc) is 3.31. The molecule has 0 bridgehead atoms. The van der Waals surface area contributed by atoms with Crippen molar-refractivity contribution in [2.24, 2.45) is 0 Å². The van der Waals surface area contributed by atoms with Crippen LogP contribution in [0.2, 0.25) is 0 Å². The van der Waals surface area contributed by atoms with E-state index in [4.69, 9.17) is 9.47 Å². The molecule has 4 rings (SSSR count). The van der Waals surface area contributed by atoms with E-state index in [9.17, 15) is 9.59 Å². The molecule has 1 fully saturated rings. The molecule has 0 spiro atoms. The van der Waals surface area contributed by atoms with E-state index in [2.05, 4.69) is 10.4 Å². The Labute approximate surface area is 155 Å². The van der Waals surface area contributed by atoms with Crippen molar-refractivity contribution in [3.8, 4) is 5.75 Å². The zero-order chi connectivity index (χ0) is 19.0. The summed E-state index contributed by atoms with van der Waals surface area (Å²) in [4.78, 5) is 24.9. The predicted octanol–water partition coefficient (Wildman–Crippen LogP) is 1.26. The molecule has 1 aliphatic heterocycles. The number of aryl methyl sites for hydroxylation is 1. The van der Waals surface area contributed by atoms with Gasteiger partial charge in [-0.1, -0.05) is 0 Å². The predicted molar refractivity (Wildman–Crippen MR) is 100 cm³/mol. The summed E-state index contributed by atoms with van der Waals surface area (Å²) in [7, 11) is 1.59. The van der Waals surface area contributed by atoms with Gasteiger partial charge < -0.3 is 14.8 Å². The number of hydrogen-bond acceptors (Lipinski definition) is 5. The number of aromatic nitrogens is 3. The number of nitrogens with one attached hydrogen (secondary N) is 1. The number of amides is 1. The van der Waals surface area contributed by atoms with Crippen molar-refractivity contribution in [2.75, 3.05) is 20.3 Å². The van der Waals surface area contributed by atoms with Crippen molar-refractivity contribution in [1.29, 1.82) is 0 Å². The Balaban J connectivity index is 1.63. The van der Waals surface area contributed by atoms with Crippen molar-refractivity contribution in [3.05, 3.63) is 40.3 Å². The highest BCUT2D eigenvalue weighted by Crippen LogP contribution is 2.23. The Morgan fingerprint density at radius 1 is 1.41 bits per heavy atom. The summed E-state index contributed by atoms with van der Waals surface area (Å²) < 4.78 is 13.6. The molecular formula is C19H22N4O4. The number of pyridine rings is 1. The summed E-state index contributed by atoms with van der Waals surface area (Å²) in [5, 5.41) is 8.22. The fourth-order valence-electron chi connectivity index (χ4n) is 3.47. The van der Waals surface area contributed by atoms with Gasteiger partial charge in [0.1, 0.15) is 11.9 Å². The lowest BCUT2D eigenvalue weighted by molar-refractivity contribution is -0.130. The molecule has 8 heteroatoms. The molecule has 1 aliphatic rings. The molecule has 3 heterocycles. The van der Waals surface area contributed by atoms with Crippen LogP contribution in [-0.2, 0) is 16.1 Å². The topological polar surface area (TPSA) is 86.9 Å². The van der Waals surface area contributed by atoms with Gasteiger partial charge in [-0.15, -0.1) is 5.10 Å². The third-order valence-corrected chi connectivity index (χ3v) is 4.89. The molecule has 0 radical (unpaired) electrons. The summed E-state index contributed by atoms with van der Waals surface area (Å²) in [5.41, 5.74) is 2.02. The van der Waals surface area contributed by atoms with Crippen molar-refractivity contribution in [2.45, 2.75) is 32.4 Å². The molecule has 1 aromatic carbocycles. The minimum Gasteiger partial charge on any atom is -0.497 e. The molecule has 27 heavy (non-hydrogen) atoms. The minimum atomic E-state index is -0.374. The molecule has 1 N–H and O–H groups in total. The highest BCUT2D eigenvalue weighted by Gasteiger charge is 2.23. The fraction of sp³-hybridized carbons (Fsp3) is 0.421. The second-order valence-corrected chi connectivity index (χ2v) is 6.71. The zero-order valence-electron chi connectivity index (χ0n) is 15.4. The van der Waals surface area contributed by atoms with Crippen LogP contribution in [0.25, 0.3) is 16.6 Å². The van der Waals surface area contributed by atoms with Gasteiger partial charge in [0.25, 0.3) is 0 Å². The lowest BCUT2D eigenvalue weighted by atomic mass is 10.1. The first-order chi connectivity index (χ1) is 13.1. The van der Waals surface area contributed by atoms with Crippen LogP contribution in [0.1, 0.15) is 18.4 Å². The fourth-order valence-corrected chi connectivity index (χ4v) is 3.47. The Morgan fingerprint density at radius 2 is 2.26 bits per heavy atom. The number of hydrogen-bond donors (Lipinski definition) is 1. The van der Waals surface area contributed by atoms with Gasteiger partial charge in [-0.3, -0.25) is 4.79 Å². The van der Waals surface area contributed by atoms with Gasteiger partial charge in [0.15, 0.2) is 5.65 Å². The molecule has 142 valence electrons. The van der Waals surface area contributed by atoms with Crippen LogP contribution in [0.5, 0.6) is 5.75 Å². The Morgan fingerprint density at radius 3 is 3.00 bits per heavy atom. The molecule has 2 aromatic heterocycles. The van der Waals surface area contributed by atoms with Crippen LogP contribution < -0.4 is 15.7 Å². The minimum absolute atomic E-state index is 0.129. The van der Waals surface area contributed by atoms with Gasteiger partial charge in [-0.2, -0.15) is 0 Å². The molecule has 1 amide bonds. The van der Waals surface area contributed by atoms with Crippen molar-refractivity contribution < 1.29 is 14.3 Å². The maximum atomic E-state index is 12.9. The van der Waals surface area contributed by atoms with Crippen molar-refractivity contribution >= 4 is 22.5 Å². The first-order valence-corrected chi connectivity index (χ1v) is 9.05.